The summed E-state index contributed by atoms with van der Waals surface area (Å²) in [5, 5.41) is 2.06. The van der Waals surface area contributed by atoms with Crippen molar-refractivity contribution >= 4 is 11.3 Å². The van der Waals surface area contributed by atoms with Gasteiger partial charge in [-0.25, -0.2) is 0 Å². The van der Waals surface area contributed by atoms with Crippen molar-refractivity contribution in [2.24, 2.45) is 5.73 Å². The van der Waals surface area contributed by atoms with E-state index in [1.165, 1.54) is 21.6 Å². The molecule has 2 nitrogen and oxygen atoms in total. The van der Waals surface area contributed by atoms with Crippen LogP contribution in [0.15, 0.2) is 72.1 Å². The molecule has 1 aromatic heterocycles. The quantitative estimate of drug-likeness (QED) is 0.644. The Morgan fingerprint density at radius 3 is 2.08 bits per heavy atom. The minimum absolute atomic E-state index is 0.0113. The molecule has 0 aliphatic rings. The molecule has 0 radical (unpaired) electrons. The van der Waals surface area contributed by atoms with Crippen molar-refractivity contribution in [2.45, 2.75) is 25.6 Å². The van der Waals surface area contributed by atoms with Crippen LogP contribution in [0.4, 0.5) is 0 Å². The third-order valence-electron chi connectivity index (χ3n) is 4.09. The van der Waals surface area contributed by atoms with Crippen LogP contribution in [0.2, 0.25) is 0 Å². The van der Waals surface area contributed by atoms with E-state index in [4.69, 9.17) is 10.5 Å². The van der Waals surface area contributed by atoms with Crippen LogP contribution < -0.4 is 5.73 Å². The van der Waals surface area contributed by atoms with Crippen molar-refractivity contribution in [3.8, 4) is 0 Å². The Hall–Kier alpha value is -1.94. The Bertz CT molecular complexity index is 707. The van der Waals surface area contributed by atoms with E-state index < -0.39 is 0 Å². The topological polar surface area (TPSA) is 35.2 Å². The zero-order valence-corrected chi connectivity index (χ0v) is 14.5. The fourth-order valence-corrected chi connectivity index (χ4v) is 3.46. The summed E-state index contributed by atoms with van der Waals surface area (Å²) in [4.78, 5) is 1.19. The van der Waals surface area contributed by atoms with E-state index in [1.807, 2.05) is 6.07 Å². The SMILES string of the molecule is NCC(OCc1ccc(CCc2ccccc2)cc1)c1cccs1. The van der Waals surface area contributed by atoms with Gasteiger partial charge in [-0.3, -0.25) is 0 Å². The molecule has 0 saturated carbocycles. The van der Waals surface area contributed by atoms with E-state index in [0.29, 0.717) is 13.2 Å². The van der Waals surface area contributed by atoms with Gasteiger partial charge in [0.2, 0.25) is 0 Å². The number of hydrogen-bond acceptors (Lipinski definition) is 3. The molecule has 124 valence electrons. The molecule has 3 aromatic rings. The van der Waals surface area contributed by atoms with Gasteiger partial charge in [0.1, 0.15) is 6.10 Å². The zero-order chi connectivity index (χ0) is 16.6. The highest BCUT2D eigenvalue weighted by Crippen LogP contribution is 2.22. The van der Waals surface area contributed by atoms with Crippen molar-refractivity contribution in [2.75, 3.05) is 6.54 Å². The molecule has 0 fully saturated rings. The first kappa shape index (κ1) is 16.9. The minimum atomic E-state index is -0.0113. The molecule has 0 bridgehead atoms. The fraction of sp³-hybridized carbons (Fsp3) is 0.238. The molecular weight excluding hydrogens is 314 g/mol. The Kier molecular flexibility index (Phi) is 6.19. The summed E-state index contributed by atoms with van der Waals surface area (Å²) in [5.41, 5.74) is 9.76. The number of thiophene rings is 1. The number of nitrogens with two attached hydrogens (primary N) is 1. The van der Waals surface area contributed by atoms with E-state index in [-0.39, 0.29) is 6.10 Å². The minimum Gasteiger partial charge on any atom is -0.367 e. The van der Waals surface area contributed by atoms with Gasteiger partial charge >= 0.3 is 0 Å². The standard InChI is InChI=1S/C21H23NOS/c22-15-20(21-7-4-14-24-21)23-16-19-12-10-18(11-13-19)9-8-17-5-2-1-3-6-17/h1-7,10-14,20H,8-9,15-16,22H2. The molecule has 3 heteroatoms. The van der Waals surface area contributed by atoms with Gasteiger partial charge in [0, 0.05) is 11.4 Å². The van der Waals surface area contributed by atoms with Gasteiger partial charge in [-0.1, -0.05) is 60.7 Å². The number of hydrogen-bond donors (Lipinski definition) is 1. The molecule has 0 amide bonds. The summed E-state index contributed by atoms with van der Waals surface area (Å²) in [6.45, 7) is 1.11. The van der Waals surface area contributed by atoms with Crippen molar-refractivity contribution in [1.29, 1.82) is 0 Å². The molecular formula is C21H23NOS. The summed E-state index contributed by atoms with van der Waals surface area (Å²) in [7, 11) is 0. The maximum absolute atomic E-state index is 5.98. The third-order valence-corrected chi connectivity index (χ3v) is 5.06. The van der Waals surface area contributed by atoms with Crippen LogP contribution >= 0.6 is 11.3 Å². The summed E-state index contributed by atoms with van der Waals surface area (Å²) in [5.74, 6) is 0. The van der Waals surface area contributed by atoms with Gasteiger partial charge < -0.3 is 10.5 Å². The predicted molar refractivity (Wildman–Crippen MR) is 101 cm³/mol. The van der Waals surface area contributed by atoms with E-state index in [0.717, 1.165) is 12.8 Å². The summed E-state index contributed by atoms with van der Waals surface area (Å²) in [6.07, 6.45) is 2.12. The molecule has 3 rings (SSSR count). The van der Waals surface area contributed by atoms with Gasteiger partial charge in [-0.15, -0.1) is 11.3 Å². The van der Waals surface area contributed by atoms with Crippen LogP contribution in [0.1, 0.15) is 27.7 Å². The zero-order valence-electron chi connectivity index (χ0n) is 13.7. The van der Waals surface area contributed by atoms with E-state index in [9.17, 15) is 0 Å². The maximum Gasteiger partial charge on any atom is 0.104 e. The predicted octanol–water partition coefficient (Wildman–Crippen LogP) is 4.75. The fourth-order valence-electron chi connectivity index (χ4n) is 2.67. The lowest BCUT2D eigenvalue weighted by atomic mass is 10.0. The number of ether oxygens (including phenoxy) is 1. The van der Waals surface area contributed by atoms with E-state index in [1.54, 1.807) is 11.3 Å². The largest absolute Gasteiger partial charge is 0.367 e. The Balaban J connectivity index is 1.51. The van der Waals surface area contributed by atoms with Gasteiger partial charge in [0.15, 0.2) is 0 Å². The molecule has 24 heavy (non-hydrogen) atoms. The molecule has 1 atom stereocenters. The molecule has 0 aliphatic carbocycles. The molecule has 1 unspecified atom stereocenters. The van der Waals surface area contributed by atoms with Gasteiger partial charge in [0.05, 0.1) is 6.61 Å². The highest BCUT2D eigenvalue weighted by molar-refractivity contribution is 7.10. The van der Waals surface area contributed by atoms with Crippen LogP contribution in [0.5, 0.6) is 0 Å². The first-order valence-corrected chi connectivity index (χ1v) is 9.20. The van der Waals surface area contributed by atoms with Gasteiger partial charge in [0.25, 0.3) is 0 Å². The third kappa shape index (κ3) is 4.78. The van der Waals surface area contributed by atoms with Crippen molar-refractivity contribution in [3.05, 3.63) is 93.7 Å². The van der Waals surface area contributed by atoms with Crippen LogP contribution in [0, 0.1) is 0 Å². The second kappa shape index (κ2) is 8.78. The lowest BCUT2D eigenvalue weighted by Gasteiger charge is -2.14. The lowest BCUT2D eigenvalue weighted by molar-refractivity contribution is 0.0480. The molecule has 2 aromatic carbocycles. The summed E-state index contributed by atoms with van der Waals surface area (Å²) < 4.78 is 5.98. The maximum atomic E-state index is 5.98. The number of rotatable bonds is 8. The second-order valence-corrected chi connectivity index (χ2v) is 6.83. The average Bonchev–Trinajstić information content (AvgIpc) is 3.17. The monoisotopic (exact) mass is 337 g/mol. The smallest absolute Gasteiger partial charge is 0.104 e. The summed E-state index contributed by atoms with van der Waals surface area (Å²) in [6, 6.07) is 23.4. The first-order chi connectivity index (χ1) is 11.8. The molecule has 0 saturated heterocycles. The van der Waals surface area contributed by atoms with Crippen LogP contribution in [-0.4, -0.2) is 6.54 Å². The number of benzene rings is 2. The number of aryl methyl sites for hydroxylation is 2. The molecule has 0 aliphatic heterocycles. The normalized spacial score (nSPS) is 12.2. The van der Waals surface area contributed by atoms with E-state index in [2.05, 4.69) is 66.0 Å². The Labute approximate surface area is 147 Å². The van der Waals surface area contributed by atoms with E-state index >= 15 is 0 Å². The molecule has 1 heterocycles. The van der Waals surface area contributed by atoms with Gasteiger partial charge in [-0.2, -0.15) is 0 Å². The Morgan fingerprint density at radius 2 is 1.46 bits per heavy atom. The first-order valence-electron chi connectivity index (χ1n) is 8.32. The lowest BCUT2D eigenvalue weighted by Crippen LogP contribution is -2.14. The van der Waals surface area contributed by atoms with Crippen LogP contribution in [0.25, 0.3) is 0 Å². The average molecular weight is 337 g/mol. The second-order valence-electron chi connectivity index (χ2n) is 5.85. The molecule has 2 N–H and O–H groups in total. The Morgan fingerprint density at radius 1 is 0.792 bits per heavy atom. The van der Waals surface area contributed by atoms with Crippen molar-refractivity contribution in [3.63, 3.8) is 0 Å². The molecule has 0 spiro atoms. The van der Waals surface area contributed by atoms with Crippen LogP contribution in [0.3, 0.4) is 0 Å². The highest BCUT2D eigenvalue weighted by atomic mass is 32.1. The highest BCUT2D eigenvalue weighted by Gasteiger charge is 2.11. The van der Waals surface area contributed by atoms with Crippen LogP contribution in [-0.2, 0) is 24.2 Å². The van der Waals surface area contributed by atoms with Crippen molar-refractivity contribution in [1.82, 2.24) is 0 Å². The van der Waals surface area contributed by atoms with Crippen molar-refractivity contribution < 1.29 is 4.74 Å². The van der Waals surface area contributed by atoms with Gasteiger partial charge in [-0.05, 0) is 41.0 Å². The summed E-state index contributed by atoms with van der Waals surface area (Å²) >= 11 is 1.69.